The van der Waals surface area contributed by atoms with Gasteiger partial charge in [-0.05, 0) is 0 Å². The van der Waals surface area contributed by atoms with Crippen LogP contribution in [-0.2, 0) is 4.79 Å². The molecule has 0 atom stereocenters. The molecular formula is C3H6N4O3. The second kappa shape index (κ2) is 4.24. The van der Waals surface area contributed by atoms with Gasteiger partial charge in [-0.1, -0.05) is 0 Å². The van der Waals surface area contributed by atoms with Gasteiger partial charge in [0.05, 0.1) is 5.29 Å². The number of nitroso groups, excluding NO2 is 1. The normalized spacial score (nSPS) is 7.70. The lowest BCUT2D eigenvalue weighted by atomic mass is 10.8. The van der Waals surface area contributed by atoms with Crippen molar-refractivity contribution in [3.63, 3.8) is 0 Å². The molecule has 0 rings (SSSR count). The maximum Gasteiger partial charge on any atom is 0.356 e. The van der Waals surface area contributed by atoms with Gasteiger partial charge in [0, 0.05) is 6.92 Å². The Morgan fingerprint density at radius 1 is 1.30 bits per heavy atom. The highest BCUT2D eigenvalue weighted by Crippen LogP contribution is 1.60. The summed E-state index contributed by atoms with van der Waals surface area (Å²) in [6.07, 6.45) is 0. The topological polar surface area (TPSA) is 99.7 Å². The van der Waals surface area contributed by atoms with Crippen LogP contribution in [0.1, 0.15) is 6.92 Å². The number of nitrogens with one attached hydrogen (secondary N) is 3. The first kappa shape index (κ1) is 8.34. The van der Waals surface area contributed by atoms with E-state index in [1.165, 1.54) is 12.3 Å². The largest absolute Gasteiger partial charge is 0.356 e. The summed E-state index contributed by atoms with van der Waals surface area (Å²) in [5.41, 5.74) is 5.28. The predicted octanol–water partition coefficient (Wildman–Crippen LogP) is -0.982. The summed E-state index contributed by atoms with van der Waals surface area (Å²) in [6.45, 7) is 1.20. The van der Waals surface area contributed by atoms with Crippen molar-refractivity contribution >= 4 is 11.9 Å². The number of nitrogens with zero attached hydrogens (tertiary/aromatic N) is 1. The second-order valence-electron chi connectivity index (χ2n) is 1.34. The van der Waals surface area contributed by atoms with Gasteiger partial charge in [-0.25, -0.2) is 10.2 Å². The van der Waals surface area contributed by atoms with Crippen LogP contribution in [-0.4, -0.2) is 11.9 Å². The molecule has 0 saturated carbocycles. The van der Waals surface area contributed by atoms with Gasteiger partial charge in [-0.15, -0.1) is 4.91 Å². The van der Waals surface area contributed by atoms with Gasteiger partial charge >= 0.3 is 6.03 Å². The van der Waals surface area contributed by atoms with Crippen LogP contribution in [0.3, 0.4) is 0 Å². The number of rotatable bonds is 1. The summed E-state index contributed by atoms with van der Waals surface area (Å²) in [4.78, 5) is 29.6. The smallest absolute Gasteiger partial charge is 0.274 e. The lowest BCUT2D eigenvalue weighted by molar-refractivity contribution is -0.119. The van der Waals surface area contributed by atoms with E-state index in [1.54, 1.807) is 0 Å². The molecule has 0 bridgehead atoms. The molecule has 0 aliphatic heterocycles. The Morgan fingerprint density at radius 3 is 2.30 bits per heavy atom. The maximum atomic E-state index is 10.2. The van der Waals surface area contributed by atoms with E-state index < -0.39 is 11.9 Å². The molecule has 0 aromatic carbocycles. The molecule has 0 aromatic rings. The minimum Gasteiger partial charge on any atom is -0.274 e. The highest BCUT2D eigenvalue weighted by Gasteiger charge is 1.96. The minimum absolute atomic E-state index is 0.443. The summed E-state index contributed by atoms with van der Waals surface area (Å²) in [6, 6.07) is -0.884. The minimum atomic E-state index is -0.884. The average molecular weight is 146 g/mol. The van der Waals surface area contributed by atoms with Crippen molar-refractivity contribution < 1.29 is 9.59 Å². The van der Waals surface area contributed by atoms with E-state index in [2.05, 4.69) is 5.29 Å². The molecule has 0 unspecified atom stereocenters. The van der Waals surface area contributed by atoms with Gasteiger partial charge < -0.3 is 0 Å². The van der Waals surface area contributed by atoms with E-state index in [9.17, 15) is 14.5 Å². The third-order valence-electron chi connectivity index (χ3n) is 0.499. The maximum absolute atomic E-state index is 10.2. The molecule has 0 fully saturated rings. The molecule has 0 spiro atoms. The van der Waals surface area contributed by atoms with E-state index in [-0.39, 0.29) is 0 Å². The zero-order chi connectivity index (χ0) is 7.98. The number of urea groups is 1. The molecule has 0 heterocycles. The van der Waals surface area contributed by atoms with Crippen molar-refractivity contribution in [3.8, 4) is 0 Å². The van der Waals surface area contributed by atoms with Gasteiger partial charge in [0.2, 0.25) is 5.91 Å². The summed E-state index contributed by atoms with van der Waals surface area (Å²) < 4.78 is 0. The Bertz CT molecular complexity index is 156. The number of hydrogen-bond acceptors (Lipinski definition) is 4. The lowest BCUT2D eigenvalue weighted by Gasteiger charge is -2.00. The molecular weight excluding hydrogens is 140 g/mol. The molecule has 0 radical (unpaired) electrons. The fraction of sp³-hybridized carbons (Fsp3) is 0.333. The lowest BCUT2D eigenvalue weighted by Crippen LogP contribution is -2.44. The average Bonchev–Trinajstić information content (AvgIpc) is 1.85. The summed E-state index contributed by atoms with van der Waals surface area (Å²) >= 11 is 0. The zero-order valence-corrected chi connectivity index (χ0v) is 5.17. The highest BCUT2D eigenvalue weighted by atomic mass is 16.3. The Kier molecular flexibility index (Phi) is 3.54. The molecule has 10 heavy (non-hydrogen) atoms. The van der Waals surface area contributed by atoms with E-state index in [4.69, 9.17) is 0 Å². The number of amides is 3. The molecule has 3 amide bonds. The molecule has 0 aliphatic rings. The van der Waals surface area contributed by atoms with Crippen LogP contribution in [0.5, 0.6) is 0 Å². The summed E-state index contributed by atoms with van der Waals surface area (Å²) in [5.74, 6) is -0.443. The van der Waals surface area contributed by atoms with E-state index in [1.807, 2.05) is 10.9 Å². The van der Waals surface area contributed by atoms with E-state index in [0.717, 1.165) is 0 Å². The van der Waals surface area contributed by atoms with Gasteiger partial charge in [0.15, 0.2) is 0 Å². The SMILES string of the molecule is CC(=O)NNC(=O)NN=O. The molecule has 3 N–H and O–H groups in total. The number of carbonyl (C=O) groups is 2. The van der Waals surface area contributed by atoms with Crippen molar-refractivity contribution in [2.24, 2.45) is 5.29 Å². The van der Waals surface area contributed by atoms with Crippen LogP contribution < -0.4 is 16.3 Å². The van der Waals surface area contributed by atoms with Crippen molar-refractivity contribution in [1.82, 2.24) is 16.3 Å². The van der Waals surface area contributed by atoms with E-state index in [0.29, 0.717) is 0 Å². The predicted molar refractivity (Wildman–Crippen MR) is 31.3 cm³/mol. The molecule has 0 aliphatic carbocycles. The van der Waals surface area contributed by atoms with Gasteiger partial charge in [0.25, 0.3) is 0 Å². The van der Waals surface area contributed by atoms with Crippen LogP contribution in [0.25, 0.3) is 0 Å². The standard InChI is InChI=1S/C3H6N4O3/c1-2(8)4-5-3(9)6-7-10/h1H3,(H,4,8)(H2,5,6,9,10). The van der Waals surface area contributed by atoms with Crippen LogP contribution >= 0.6 is 0 Å². The summed E-state index contributed by atoms with van der Waals surface area (Å²) in [7, 11) is 0. The van der Waals surface area contributed by atoms with Crippen molar-refractivity contribution in [2.45, 2.75) is 6.92 Å². The fourth-order valence-electron chi connectivity index (χ4n) is 0.214. The Labute approximate surface area is 56.1 Å². The molecule has 56 valence electrons. The Morgan fingerprint density at radius 2 is 1.90 bits per heavy atom. The third kappa shape index (κ3) is 4.50. The second-order valence-corrected chi connectivity index (χ2v) is 1.34. The van der Waals surface area contributed by atoms with Crippen LogP contribution in [0.4, 0.5) is 4.79 Å². The summed E-state index contributed by atoms with van der Waals surface area (Å²) in [5, 5.41) is 2.05. The Balaban J connectivity index is 3.39. The third-order valence-corrected chi connectivity index (χ3v) is 0.499. The first-order chi connectivity index (χ1) is 4.66. The van der Waals surface area contributed by atoms with Crippen molar-refractivity contribution in [2.75, 3.05) is 0 Å². The van der Waals surface area contributed by atoms with Gasteiger partial charge in [-0.3, -0.25) is 10.2 Å². The van der Waals surface area contributed by atoms with Gasteiger partial charge in [0.1, 0.15) is 0 Å². The molecule has 0 aromatic heterocycles. The number of hydrogen-bond donors (Lipinski definition) is 3. The van der Waals surface area contributed by atoms with Crippen LogP contribution in [0.2, 0.25) is 0 Å². The van der Waals surface area contributed by atoms with Crippen LogP contribution in [0, 0.1) is 4.91 Å². The van der Waals surface area contributed by atoms with Crippen molar-refractivity contribution in [1.29, 1.82) is 0 Å². The molecule has 7 nitrogen and oxygen atoms in total. The quantitative estimate of drug-likeness (QED) is 0.327. The molecule has 7 heteroatoms. The number of carbonyl (C=O) groups excluding carboxylic acids is 2. The highest BCUT2D eigenvalue weighted by molar-refractivity contribution is 5.79. The number of hydrazine groups is 1. The van der Waals surface area contributed by atoms with Crippen LogP contribution in [0.15, 0.2) is 5.29 Å². The van der Waals surface area contributed by atoms with E-state index >= 15 is 0 Å². The first-order valence-electron chi connectivity index (χ1n) is 2.31. The first-order valence-corrected chi connectivity index (χ1v) is 2.31. The Hall–Kier alpha value is -1.66. The zero-order valence-electron chi connectivity index (χ0n) is 5.17. The fourth-order valence-corrected chi connectivity index (χ4v) is 0.214. The van der Waals surface area contributed by atoms with Crippen molar-refractivity contribution in [3.05, 3.63) is 4.91 Å². The van der Waals surface area contributed by atoms with Gasteiger partial charge in [-0.2, -0.15) is 5.43 Å². The molecule has 0 saturated heterocycles. The monoisotopic (exact) mass is 146 g/mol.